The van der Waals surface area contributed by atoms with Crippen LogP contribution >= 0.6 is 0 Å². The molecule has 14 heavy (non-hydrogen) atoms. The van der Waals surface area contributed by atoms with Gasteiger partial charge in [-0.15, -0.1) is 0 Å². The molecule has 0 aliphatic rings. The van der Waals surface area contributed by atoms with Crippen molar-refractivity contribution >= 4 is 0 Å². The summed E-state index contributed by atoms with van der Waals surface area (Å²) in [4.78, 5) is 7.94. The monoisotopic (exact) mass is 193 g/mol. The Morgan fingerprint density at radius 1 is 1.29 bits per heavy atom. The maximum absolute atomic E-state index is 3.97. The lowest BCUT2D eigenvalue weighted by Gasteiger charge is -2.22. The first-order valence-electron chi connectivity index (χ1n) is 5.09. The zero-order valence-electron chi connectivity index (χ0n) is 9.25. The van der Waals surface area contributed by atoms with Gasteiger partial charge < -0.3 is 5.32 Å². The third kappa shape index (κ3) is 3.83. The Labute approximate surface area is 86.0 Å². The van der Waals surface area contributed by atoms with Crippen LogP contribution in [0.1, 0.15) is 32.8 Å². The van der Waals surface area contributed by atoms with Crippen LogP contribution in [-0.4, -0.2) is 16.5 Å². The summed E-state index contributed by atoms with van der Waals surface area (Å²) >= 11 is 0. The summed E-state index contributed by atoms with van der Waals surface area (Å²) in [5.74, 6) is 0. The van der Waals surface area contributed by atoms with Crippen LogP contribution in [0, 0.1) is 5.41 Å². The van der Waals surface area contributed by atoms with E-state index in [-0.39, 0.29) is 0 Å². The molecule has 1 rings (SSSR count). The molecular weight excluding hydrogens is 174 g/mol. The van der Waals surface area contributed by atoms with Gasteiger partial charge in [-0.25, -0.2) is 9.97 Å². The lowest BCUT2D eigenvalue weighted by molar-refractivity contribution is 0.327. The standard InChI is InChI=1S/C11H19N3/c1-4-11(2,3)8-12-5-10-6-13-9-14-7-10/h6-7,9,12H,4-5,8H2,1-3H3. The summed E-state index contributed by atoms with van der Waals surface area (Å²) < 4.78 is 0. The molecule has 0 unspecified atom stereocenters. The van der Waals surface area contributed by atoms with Crippen LogP contribution in [0.3, 0.4) is 0 Å². The number of nitrogens with one attached hydrogen (secondary N) is 1. The van der Waals surface area contributed by atoms with Crippen molar-refractivity contribution in [2.24, 2.45) is 5.41 Å². The van der Waals surface area contributed by atoms with Crippen LogP contribution in [0.25, 0.3) is 0 Å². The molecule has 0 saturated heterocycles. The second-order valence-electron chi connectivity index (χ2n) is 4.37. The minimum absolute atomic E-state index is 0.371. The Balaban J connectivity index is 2.29. The Bertz CT molecular complexity index is 256. The molecule has 0 atom stereocenters. The van der Waals surface area contributed by atoms with Gasteiger partial charge in [0.25, 0.3) is 0 Å². The van der Waals surface area contributed by atoms with Crippen molar-refractivity contribution in [2.75, 3.05) is 6.54 Å². The van der Waals surface area contributed by atoms with Crippen molar-refractivity contribution in [1.82, 2.24) is 15.3 Å². The summed E-state index contributed by atoms with van der Waals surface area (Å²) in [6.45, 7) is 8.62. The van der Waals surface area contributed by atoms with E-state index in [1.54, 1.807) is 6.33 Å². The Morgan fingerprint density at radius 2 is 1.93 bits per heavy atom. The average Bonchev–Trinajstić information content (AvgIpc) is 2.19. The van der Waals surface area contributed by atoms with E-state index in [1.807, 2.05) is 12.4 Å². The summed E-state index contributed by atoms with van der Waals surface area (Å²) in [5.41, 5.74) is 1.51. The Hall–Kier alpha value is -0.960. The van der Waals surface area contributed by atoms with E-state index in [0.717, 1.165) is 18.7 Å². The SMILES string of the molecule is CCC(C)(C)CNCc1cncnc1. The summed E-state index contributed by atoms with van der Waals surface area (Å²) in [6.07, 6.45) is 6.43. The predicted molar refractivity (Wildman–Crippen MR) is 57.8 cm³/mol. The Morgan fingerprint density at radius 3 is 2.50 bits per heavy atom. The van der Waals surface area contributed by atoms with Crippen LogP contribution < -0.4 is 5.32 Å². The van der Waals surface area contributed by atoms with Gasteiger partial charge in [0.1, 0.15) is 6.33 Å². The smallest absolute Gasteiger partial charge is 0.115 e. The van der Waals surface area contributed by atoms with Crippen molar-refractivity contribution in [1.29, 1.82) is 0 Å². The minimum atomic E-state index is 0.371. The van der Waals surface area contributed by atoms with E-state index >= 15 is 0 Å². The fraction of sp³-hybridized carbons (Fsp3) is 0.636. The first-order valence-corrected chi connectivity index (χ1v) is 5.09. The molecule has 0 radical (unpaired) electrons. The van der Waals surface area contributed by atoms with E-state index in [9.17, 15) is 0 Å². The molecule has 78 valence electrons. The van der Waals surface area contributed by atoms with Crippen molar-refractivity contribution in [3.63, 3.8) is 0 Å². The largest absolute Gasteiger partial charge is 0.312 e. The van der Waals surface area contributed by atoms with Crippen molar-refractivity contribution in [3.8, 4) is 0 Å². The second-order valence-corrected chi connectivity index (χ2v) is 4.37. The molecule has 0 aliphatic heterocycles. The summed E-state index contributed by atoms with van der Waals surface area (Å²) in [7, 11) is 0. The van der Waals surface area contributed by atoms with Crippen LogP contribution in [0.4, 0.5) is 0 Å². The molecule has 1 aromatic rings. The molecule has 0 saturated carbocycles. The van der Waals surface area contributed by atoms with Gasteiger partial charge in [-0.05, 0) is 11.8 Å². The van der Waals surface area contributed by atoms with Crippen LogP contribution in [0.5, 0.6) is 0 Å². The van der Waals surface area contributed by atoms with Crippen molar-refractivity contribution in [2.45, 2.75) is 33.7 Å². The first kappa shape index (κ1) is 11.1. The van der Waals surface area contributed by atoms with Gasteiger partial charge in [0.05, 0.1) is 0 Å². The molecular formula is C11H19N3. The normalized spacial score (nSPS) is 11.6. The van der Waals surface area contributed by atoms with Gasteiger partial charge in [-0.1, -0.05) is 20.8 Å². The maximum atomic E-state index is 3.97. The van der Waals surface area contributed by atoms with Gasteiger partial charge in [-0.3, -0.25) is 0 Å². The van der Waals surface area contributed by atoms with Gasteiger partial charge in [0.2, 0.25) is 0 Å². The molecule has 0 amide bonds. The summed E-state index contributed by atoms with van der Waals surface area (Å²) in [6, 6.07) is 0. The molecule has 1 N–H and O–H groups in total. The third-order valence-corrected chi connectivity index (χ3v) is 2.50. The lowest BCUT2D eigenvalue weighted by atomic mass is 9.90. The highest BCUT2D eigenvalue weighted by atomic mass is 14.9. The summed E-state index contributed by atoms with van der Waals surface area (Å²) in [5, 5.41) is 3.41. The quantitative estimate of drug-likeness (QED) is 0.777. The highest BCUT2D eigenvalue weighted by molar-refractivity contribution is 5.01. The lowest BCUT2D eigenvalue weighted by Crippen LogP contribution is -2.28. The number of rotatable bonds is 5. The molecule has 3 heteroatoms. The van der Waals surface area contributed by atoms with E-state index < -0.39 is 0 Å². The van der Waals surface area contributed by atoms with Crippen LogP contribution in [0.2, 0.25) is 0 Å². The molecule has 0 aromatic carbocycles. The van der Waals surface area contributed by atoms with E-state index in [0.29, 0.717) is 5.41 Å². The predicted octanol–water partition coefficient (Wildman–Crippen LogP) is 2.00. The molecule has 0 fully saturated rings. The van der Waals surface area contributed by atoms with E-state index in [2.05, 4.69) is 36.1 Å². The van der Waals surface area contributed by atoms with Gasteiger partial charge >= 0.3 is 0 Å². The topological polar surface area (TPSA) is 37.8 Å². The van der Waals surface area contributed by atoms with E-state index in [4.69, 9.17) is 0 Å². The fourth-order valence-electron chi connectivity index (χ4n) is 1.09. The number of nitrogens with zero attached hydrogens (tertiary/aromatic N) is 2. The number of hydrogen-bond donors (Lipinski definition) is 1. The van der Waals surface area contributed by atoms with Gasteiger partial charge in [0.15, 0.2) is 0 Å². The molecule has 0 bridgehead atoms. The number of aromatic nitrogens is 2. The molecule has 1 heterocycles. The van der Waals surface area contributed by atoms with Crippen molar-refractivity contribution in [3.05, 3.63) is 24.3 Å². The molecule has 1 aromatic heterocycles. The minimum Gasteiger partial charge on any atom is -0.312 e. The number of hydrogen-bond acceptors (Lipinski definition) is 3. The van der Waals surface area contributed by atoms with Crippen LogP contribution in [0.15, 0.2) is 18.7 Å². The maximum Gasteiger partial charge on any atom is 0.115 e. The molecule has 0 aliphatic carbocycles. The second kappa shape index (κ2) is 5.05. The molecule has 3 nitrogen and oxygen atoms in total. The highest BCUT2D eigenvalue weighted by Crippen LogP contribution is 2.17. The zero-order valence-corrected chi connectivity index (χ0v) is 9.25. The fourth-order valence-corrected chi connectivity index (χ4v) is 1.09. The third-order valence-electron chi connectivity index (χ3n) is 2.50. The van der Waals surface area contributed by atoms with Crippen molar-refractivity contribution < 1.29 is 0 Å². The molecule has 0 spiro atoms. The van der Waals surface area contributed by atoms with Crippen LogP contribution in [-0.2, 0) is 6.54 Å². The van der Waals surface area contributed by atoms with Gasteiger partial charge in [0, 0.05) is 31.0 Å². The highest BCUT2D eigenvalue weighted by Gasteiger charge is 2.13. The Kier molecular flexibility index (Phi) is 4.01. The first-order chi connectivity index (χ1) is 6.64. The van der Waals surface area contributed by atoms with E-state index in [1.165, 1.54) is 6.42 Å². The van der Waals surface area contributed by atoms with Gasteiger partial charge in [-0.2, -0.15) is 0 Å². The zero-order chi connectivity index (χ0) is 10.4. The average molecular weight is 193 g/mol.